The third-order valence-electron chi connectivity index (χ3n) is 4.12. The van der Waals surface area contributed by atoms with E-state index in [2.05, 4.69) is 21.4 Å². The average molecular weight is 424 g/mol. The maximum absolute atomic E-state index is 13.3. The van der Waals surface area contributed by atoms with Gasteiger partial charge in [0.25, 0.3) is 0 Å². The van der Waals surface area contributed by atoms with E-state index in [4.69, 9.17) is 11.6 Å². The van der Waals surface area contributed by atoms with E-state index in [-0.39, 0.29) is 28.8 Å². The first-order valence-corrected chi connectivity index (χ1v) is 8.90. The molecule has 0 saturated heterocycles. The van der Waals surface area contributed by atoms with E-state index in [0.717, 1.165) is 6.07 Å². The van der Waals surface area contributed by atoms with Crippen LogP contribution >= 0.6 is 11.6 Å². The van der Waals surface area contributed by atoms with Crippen LogP contribution in [-0.2, 0) is 6.54 Å². The number of fused-ring (bicyclic) bond motifs is 1. The predicted molar refractivity (Wildman–Crippen MR) is 104 cm³/mol. The Morgan fingerprint density at radius 1 is 1.21 bits per heavy atom. The van der Waals surface area contributed by atoms with Crippen molar-refractivity contribution < 1.29 is 27.8 Å². The van der Waals surface area contributed by atoms with Gasteiger partial charge in [-0.15, -0.1) is 8.78 Å². The van der Waals surface area contributed by atoms with Gasteiger partial charge < -0.3 is 19.9 Å². The molecule has 0 aliphatic carbocycles. The topological polar surface area (TPSA) is 50.7 Å². The van der Waals surface area contributed by atoms with Crippen molar-refractivity contribution in [2.45, 2.75) is 19.8 Å². The summed E-state index contributed by atoms with van der Waals surface area (Å²) in [7, 11) is 0. The molecule has 2 aromatic carbocycles. The van der Waals surface area contributed by atoms with E-state index in [1.807, 2.05) is 0 Å². The van der Waals surface area contributed by atoms with Crippen LogP contribution in [0.25, 0.3) is 5.57 Å². The Morgan fingerprint density at radius 3 is 2.59 bits per heavy atom. The predicted octanol–water partition coefficient (Wildman–Crippen LogP) is 5.77. The molecule has 0 fully saturated rings. The highest BCUT2D eigenvalue weighted by Crippen LogP contribution is 2.45. The Hall–Kier alpha value is -3.06. The number of rotatable bonds is 6. The monoisotopic (exact) mass is 423 g/mol. The van der Waals surface area contributed by atoms with Gasteiger partial charge >= 0.3 is 6.29 Å². The number of ether oxygens (including phenoxy) is 2. The first-order chi connectivity index (χ1) is 13.7. The quantitative estimate of drug-likeness (QED) is 0.579. The third-order valence-corrected chi connectivity index (χ3v) is 4.44. The van der Waals surface area contributed by atoms with Crippen LogP contribution in [-0.4, -0.2) is 11.4 Å². The molecule has 0 spiro atoms. The largest absolute Gasteiger partial charge is 0.586 e. The molecule has 3 rings (SSSR count). The maximum atomic E-state index is 13.3. The summed E-state index contributed by atoms with van der Waals surface area (Å²) in [5.74, 6) is -0.737. The fourth-order valence-electron chi connectivity index (χ4n) is 2.69. The van der Waals surface area contributed by atoms with E-state index in [1.165, 1.54) is 24.3 Å². The Kier molecular flexibility index (Phi) is 5.79. The second kappa shape index (κ2) is 8.13. The third kappa shape index (κ3) is 4.86. The Morgan fingerprint density at radius 2 is 1.90 bits per heavy atom. The van der Waals surface area contributed by atoms with E-state index in [1.54, 1.807) is 25.2 Å². The highest BCUT2D eigenvalue weighted by molar-refractivity contribution is 6.32. The van der Waals surface area contributed by atoms with Crippen molar-refractivity contribution in [3.8, 4) is 17.2 Å². The normalized spacial score (nSPS) is 15.0. The van der Waals surface area contributed by atoms with E-state index >= 15 is 0 Å². The lowest BCUT2D eigenvalue weighted by atomic mass is 10.0. The van der Waals surface area contributed by atoms with Crippen molar-refractivity contribution >= 4 is 17.2 Å². The fraction of sp³-hybridized carbons (Fsp3) is 0.143. The lowest BCUT2D eigenvalue weighted by Gasteiger charge is -2.09. The highest BCUT2D eigenvalue weighted by atomic mass is 35.5. The van der Waals surface area contributed by atoms with Gasteiger partial charge in [0, 0.05) is 29.4 Å². The van der Waals surface area contributed by atoms with Crippen LogP contribution in [0.1, 0.15) is 18.1 Å². The van der Waals surface area contributed by atoms with Crippen molar-refractivity contribution in [2.75, 3.05) is 0 Å². The molecule has 29 heavy (non-hydrogen) atoms. The molecule has 1 heterocycles. The van der Waals surface area contributed by atoms with E-state index < -0.39 is 12.1 Å². The van der Waals surface area contributed by atoms with E-state index in [0.29, 0.717) is 22.4 Å². The highest BCUT2D eigenvalue weighted by Gasteiger charge is 2.43. The number of phenols is 1. The van der Waals surface area contributed by atoms with Gasteiger partial charge in [-0.05, 0) is 42.8 Å². The van der Waals surface area contributed by atoms with Crippen LogP contribution in [0.4, 0.5) is 13.2 Å². The summed E-state index contributed by atoms with van der Waals surface area (Å²) in [6.07, 6.45) is 1.34. The minimum atomic E-state index is -3.73. The van der Waals surface area contributed by atoms with Crippen molar-refractivity contribution in [1.29, 1.82) is 0 Å². The van der Waals surface area contributed by atoms with Crippen molar-refractivity contribution in [3.05, 3.63) is 82.8 Å². The number of nitrogens with one attached hydrogen (secondary N) is 1. The standard InChI is InChI=1S/C21H17ClF3NO3/c1-3-13(16-9-19-20(10-17(16)22)29-21(24,25)28-19)5-4-12(2)26-11-14-8-15(23)6-7-18(14)27/h3-10,26-27H,2,11H2,1H3/b5-4-,13-3+. The van der Waals surface area contributed by atoms with E-state index in [9.17, 15) is 18.3 Å². The SMILES string of the molecule is C=C(/C=C\C(=C/C)c1cc2c(cc1Cl)OC(F)(F)O2)NCc1cc(F)ccc1O. The van der Waals surface area contributed by atoms with Crippen molar-refractivity contribution in [3.63, 3.8) is 0 Å². The molecular weight excluding hydrogens is 407 g/mol. The summed E-state index contributed by atoms with van der Waals surface area (Å²) in [4.78, 5) is 0. The summed E-state index contributed by atoms with van der Waals surface area (Å²) in [6, 6.07) is 6.30. The maximum Gasteiger partial charge on any atom is 0.586 e. The van der Waals surface area contributed by atoms with Gasteiger partial charge in [-0.3, -0.25) is 0 Å². The molecule has 2 aromatic rings. The summed E-state index contributed by atoms with van der Waals surface area (Å²) < 4.78 is 48.6. The van der Waals surface area contributed by atoms with Gasteiger partial charge in [-0.25, -0.2) is 4.39 Å². The number of allylic oxidation sites excluding steroid dienone is 4. The molecule has 0 saturated carbocycles. The van der Waals surface area contributed by atoms with Crippen LogP contribution < -0.4 is 14.8 Å². The molecule has 0 amide bonds. The second-order valence-corrected chi connectivity index (χ2v) is 6.58. The van der Waals surface area contributed by atoms with Crippen LogP contribution in [0.5, 0.6) is 17.2 Å². The summed E-state index contributed by atoms with van der Waals surface area (Å²) in [5, 5.41) is 12.9. The zero-order valence-electron chi connectivity index (χ0n) is 15.3. The average Bonchev–Trinajstić information content (AvgIpc) is 2.95. The molecular formula is C21H17ClF3NO3. The molecule has 0 aromatic heterocycles. The molecule has 4 nitrogen and oxygen atoms in total. The molecule has 0 unspecified atom stereocenters. The molecule has 1 aliphatic heterocycles. The van der Waals surface area contributed by atoms with Crippen LogP contribution in [0, 0.1) is 5.82 Å². The fourth-order valence-corrected chi connectivity index (χ4v) is 2.95. The van der Waals surface area contributed by atoms with Crippen molar-refractivity contribution in [2.24, 2.45) is 0 Å². The van der Waals surface area contributed by atoms with Gasteiger partial charge in [0.05, 0.1) is 5.02 Å². The lowest BCUT2D eigenvalue weighted by molar-refractivity contribution is -0.286. The molecule has 0 bridgehead atoms. The summed E-state index contributed by atoms with van der Waals surface area (Å²) in [5.41, 5.74) is 1.97. The van der Waals surface area contributed by atoms with Crippen molar-refractivity contribution in [1.82, 2.24) is 5.32 Å². The summed E-state index contributed by atoms with van der Waals surface area (Å²) in [6.45, 7) is 5.77. The second-order valence-electron chi connectivity index (χ2n) is 6.18. The molecule has 0 atom stereocenters. The van der Waals surface area contributed by atoms with Gasteiger partial charge in [0.15, 0.2) is 11.5 Å². The van der Waals surface area contributed by atoms with Crippen LogP contribution in [0.15, 0.2) is 60.8 Å². The number of aromatic hydroxyl groups is 1. The smallest absolute Gasteiger partial charge is 0.508 e. The Balaban J connectivity index is 1.71. The molecule has 1 aliphatic rings. The number of hydrogen-bond donors (Lipinski definition) is 2. The van der Waals surface area contributed by atoms with Gasteiger partial charge in [-0.2, -0.15) is 0 Å². The van der Waals surface area contributed by atoms with Gasteiger partial charge in [0.2, 0.25) is 0 Å². The molecule has 2 N–H and O–H groups in total. The molecule has 8 heteroatoms. The minimum absolute atomic E-state index is 0.0335. The zero-order chi connectivity index (χ0) is 21.2. The number of halogens is 4. The first kappa shape index (κ1) is 20.7. The summed E-state index contributed by atoms with van der Waals surface area (Å²) >= 11 is 6.21. The number of benzene rings is 2. The van der Waals surface area contributed by atoms with Crippen LogP contribution in [0.3, 0.4) is 0 Å². The first-order valence-electron chi connectivity index (χ1n) is 8.53. The van der Waals surface area contributed by atoms with Gasteiger partial charge in [-0.1, -0.05) is 30.3 Å². The number of phenolic OH excluding ortho intramolecular Hbond substituents is 1. The van der Waals surface area contributed by atoms with Gasteiger partial charge in [0.1, 0.15) is 11.6 Å². The molecule has 152 valence electrons. The number of alkyl halides is 2. The lowest BCUT2D eigenvalue weighted by Crippen LogP contribution is -2.25. The van der Waals surface area contributed by atoms with Crippen LogP contribution in [0.2, 0.25) is 5.02 Å². The zero-order valence-corrected chi connectivity index (χ0v) is 16.1. The molecule has 0 radical (unpaired) electrons. The minimum Gasteiger partial charge on any atom is -0.508 e. The number of hydrogen-bond acceptors (Lipinski definition) is 4. The Bertz CT molecular complexity index is 1020. The Labute approximate surface area is 170 Å².